The summed E-state index contributed by atoms with van der Waals surface area (Å²) in [6, 6.07) is 10.7. The van der Waals surface area contributed by atoms with Gasteiger partial charge in [0.25, 0.3) is 5.91 Å². The van der Waals surface area contributed by atoms with E-state index in [-0.39, 0.29) is 36.1 Å². The number of benzene rings is 2. The van der Waals surface area contributed by atoms with E-state index in [2.05, 4.69) is 10.6 Å². The van der Waals surface area contributed by atoms with E-state index < -0.39 is 5.91 Å². The van der Waals surface area contributed by atoms with E-state index in [0.29, 0.717) is 30.2 Å². The molecule has 4 N–H and O–H groups in total. The van der Waals surface area contributed by atoms with Crippen LogP contribution in [0.2, 0.25) is 5.02 Å². The lowest BCUT2D eigenvalue weighted by Gasteiger charge is -2.09. The van der Waals surface area contributed by atoms with E-state index in [1.165, 1.54) is 12.1 Å². The molecule has 2 rings (SSSR count). The molecule has 0 aliphatic heterocycles. The first-order valence-electron chi connectivity index (χ1n) is 8.41. The van der Waals surface area contributed by atoms with Crippen LogP contribution in [0.1, 0.15) is 23.2 Å². The quantitative estimate of drug-likeness (QED) is 0.490. The smallest absolute Gasteiger partial charge is 0.251 e. The van der Waals surface area contributed by atoms with Gasteiger partial charge in [0.1, 0.15) is 17.2 Å². The number of carbonyl (C=O) groups is 2. The van der Waals surface area contributed by atoms with Gasteiger partial charge in [-0.15, -0.1) is 0 Å². The van der Waals surface area contributed by atoms with Gasteiger partial charge in [0, 0.05) is 31.1 Å². The summed E-state index contributed by atoms with van der Waals surface area (Å²) in [6.45, 7) is 0.854. The van der Waals surface area contributed by atoms with Gasteiger partial charge in [0.05, 0.1) is 11.6 Å². The predicted molar refractivity (Wildman–Crippen MR) is 101 cm³/mol. The molecule has 0 fully saturated rings. The van der Waals surface area contributed by atoms with Crippen molar-refractivity contribution in [3.63, 3.8) is 0 Å². The molecule has 2 amide bonds. The molecule has 0 spiro atoms. The summed E-state index contributed by atoms with van der Waals surface area (Å²) in [5, 5.41) is 24.5. The number of aromatic hydroxyl groups is 2. The molecule has 0 saturated heterocycles. The van der Waals surface area contributed by atoms with Crippen molar-refractivity contribution in [1.29, 1.82) is 0 Å². The second-order valence-corrected chi connectivity index (χ2v) is 6.13. The summed E-state index contributed by atoms with van der Waals surface area (Å²) in [7, 11) is 0. The van der Waals surface area contributed by atoms with E-state index in [0.717, 1.165) is 6.07 Å². The molecule has 144 valence electrons. The van der Waals surface area contributed by atoms with Crippen molar-refractivity contribution in [2.75, 3.05) is 19.7 Å². The van der Waals surface area contributed by atoms with Crippen LogP contribution in [0.25, 0.3) is 0 Å². The lowest BCUT2D eigenvalue weighted by atomic mass is 10.2. The molecule has 2 aromatic rings. The Kier molecular flexibility index (Phi) is 7.76. The van der Waals surface area contributed by atoms with E-state index in [1.54, 1.807) is 12.1 Å². The molecule has 27 heavy (non-hydrogen) atoms. The summed E-state index contributed by atoms with van der Waals surface area (Å²) in [6.07, 6.45) is 0.824. The first kappa shape index (κ1) is 20.4. The molecular formula is C19H21ClN2O5. The van der Waals surface area contributed by atoms with Crippen molar-refractivity contribution < 1.29 is 24.5 Å². The van der Waals surface area contributed by atoms with Crippen molar-refractivity contribution in [3.05, 3.63) is 53.1 Å². The minimum Gasteiger partial charge on any atom is -0.508 e. The van der Waals surface area contributed by atoms with Crippen molar-refractivity contribution >= 4 is 23.4 Å². The average Bonchev–Trinajstić information content (AvgIpc) is 2.62. The van der Waals surface area contributed by atoms with Crippen molar-refractivity contribution in [3.8, 4) is 17.2 Å². The van der Waals surface area contributed by atoms with Gasteiger partial charge in [-0.05, 0) is 30.7 Å². The van der Waals surface area contributed by atoms with Crippen LogP contribution in [-0.2, 0) is 4.79 Å². The number of phenolic OH excluding ortho intramolecular Hbond substituents is 2. The third-order valence-corrected chi connectivity index (χ3v) is 3.85. The van der Waals surface area contributed by atoms with Gasteiger partial charge in [-0.2, -0.15) is 0 Å². The molecule has 2 aromatic carbocycles. The fraction of sp³-hybridized carbons (Fsp3) is 0.263. The number of amides is 2. The summed E-state index contributed by atoms with van der Waals surface area (Å²) >= 11 is 5.97. The Morgan fingerprint density at radius 2 is 1.67 bits per heavy atom. The fourth-order valence-corrected chi connectivity index (χ4v) is 2.46. The fourth-order valence-electron chi connectivity index (χ4n) is 2.27. The number of hydrogen-bond acceptors (Lipinski definition) is 5. The zero-order chi connectivity index (χ0) is 19.6. The Balaban J connectivity index is 1.59. The van der Waals surface area contributed by atoms with Gasteiger partial charge < -0.3 is 25.6 Å². The van der Waals surface area contributed by atoms with Crippen LogP contribution in [0.5, 0.6) is 17.2 Å². The lowest BCUT2D eigenvalue weighted by Crippen LogP contribution is -2.34. The maximum atomic E-state index is 11.9. The first-order valence-corrected chi connectivity index (χ1v) is 8.79. The molecule has 0 saturated carbocycles. The van der Waals surface area contributed by atoms with Crippen LogP contribution >= 0.6 is 11.6 Å². The molecule has 0 heterocycles. The highest BCUT2D eigenvalue weighted by Crippen LogP contribution is 2.23. The topological polar surface area (TPSA) is 108 Å². The summed E-state index contributed by atoms with van der Waals surface area (Å²) < 4.78 is 5.50. The molecule has 0 bridgehead atoms. The van der Waals surface area contributed by atoms with E-state index >= 15 is 0 Å². The summed E-state index contributed by atoms with van der Waals surface area (Å²) in [5.41, 5.74) is 0.135. The number of halogens is 1. The minimum atomic E-state index is -0.455. The van der Waals surface area contributed by atoms with Crippen LogP contribution in [0.3, 0.4) is 0 Å². The van der Waals surface area contributed by atoms with Crippen LogP contribution < -0.4 is 15.4 Å². The van der Waals surface area contributed by atoms with Crippen LogP contribution in [0.15, 0.2) is 42.5 Å². The maximum absolute atomic E-state index is 11.9. The third kappa shape index (κ3) is 7.07. The third-order valence-electron chi connectivity index (χ3n) is 3.54. The number of rotatable bonds is 9. The van der Waals surface area contributed by atoms with Gasteiger partial charge in [-0.25, -0.2) is 0 Å². The van der Waals surface area contributed by atoms with E-state index in [9.17, 15) is 19.8 Å². The van der Waals surface area contributed by atoms with Gasteiger partial charge in [0.2, 0.25) is 5.91 Å². The van der Waals surface area contributed by atoms with E-state index in [1.807, 2.05) is 12.1 Å². The van der Waals surface area contributed by atoms with Crippen LogP contribution in [0, 0.1) is 0 Å². The molecule has 0 aromatic heterocycles. The van der Waals surface area contributed by atoms with Crippen molar-refractivity contribution in [1.82, 2.24) is 10.6 Å². The Hall–Kier alpha value is -2.93. The molecule has 7 nitrogen and oxygen atoms in total. The highest BCUT2D eigenvalue weighted by atomic mass is 35.5. The number of ether oxygens (including phenoxy) is 1. The molecule has 0 aliphatic rings. The normalized spacial score (nSPS) is 10.3. The zero-order valence-corrected chi connectivity index (χ0v) is 15.3. The van der Waals surface area contributed by atoms with E-state index in [4.69, 9.17) is 16.3 Å². The first-order chi connectivity index (χ1) is 13.0. The Labute approximate surface area is 161 Å². The summed E-state index contributed by atoms with van der Waals surface area (Å²) in [5.74, 6) is -0.425. The van der Waals surface area contributed by atoms with Gasteiger partial charge in [-0.3, -0.25) is 9.59 Å². The number of para-hydroxylation sites is 1. The lowest BCUT2D eigenvalue weighted by molar-refractivity contribution is -0.121. The highest BCUT2D eigenvalue weighted by Gasteiger charge is 2.08. The molecule has 0 radical (unpaired) electrons. The van der Waals surface area contributed by atoms with Crippen molar-refractivity contribution in [2.24, 2.45) is 0 Å². The second kappa shape index (κ2) is 10.3. The zero-order valence-electron chi connectivity index (χ0n) is 14.6. The standard InChI is InChI=1S/C19H21ClN2O5/c20-16-4-1-2-5-17(16)27-9-3-6-18(25)21-7-8-22-19(26)13-10-14(23)12-15(24)11-13/h1-2,4-5,10-12,23-24H,3,6-9H2,(H,21,25)(H,22,26). The molecule has 0 unspecified atom stereocenters. The average molecular weight is 393 g/mol. The summed E-state index contributed by atoms with van der Waals surface area (Å²) in [4.78, 5) is 23.6. The molecular weight excluding hydrogens is 372 g/mol. The van der Waals surface area contributed by atoms with Crippen molar-refractivity contribution in [2.45, 2.75) is 12.8 Å². The minimum absolute atomic E-state index is 0.135. The second-order valence-electron chi connectivity index (χ2n) is 5.73. The molecule has 0 atom stereocenters. The number of nitrogens with one attached hydrogen (secondary N) is 2. The highest BCUT2D eigenvalue weighted by molar-refractivity contribution is 6.32. The number of phenols is 2. The van der Waals surface area contributed by atoms with Gasteiger partial charge >= 0.3 is 0 Å². The van der Waals surface area contributed by atoms with Gasteiger partial charge in [-0.1, -0.05) is 23.7 Å². The number of carbonyl (C=O) groups excluding carboxylic acids is 2. The molecule has 0 aliphatic carbocycles. The largest absolute Gasteiger partial charge is 0.508 e. The monoisotopic (exact) mass is 392 g/mol. The van der Waals surface area contributed by atoms with Crippen LogP contribution in [-0.4, -0.2) is 41.7 Å². The maximum Gasteiger partial charge on any atom is 0.251 e. The predicted octanol–water partition coefficient (Wildman–Crippen LogP) is 2.46. The Morgan fingerprint density at radius 3 is 2.37 bits per heavy atom. The number of hydrogen-bond donors (Lipinski definition) is 4. The SMILES string of the molecule is O=C(CCCOc1ccccc1Cl)NCCNC(=O)c1cc(O)cc(O)c1. The Morgan fingerprint density at radius 1 is 1.00 bits per heavy atom. The Bertz CT molecular complexity index is 777. The van der Waals surface area contributed by atoms with Gasteiger partial charge in [0.15, 0.2) is 0 Å². The van der Waals surface area contributed by atoms with Crippen LogP contribution in [0.4, 0.5) is 0 Å². The molecule has 8 heteroatoms.